The summed E-state index contributed by atoms with van der Waals surface area (Å²) in [4.78, 5) is 50.9. The van der Waals surface area contributed by atoms with E-state index in [9.17, 15) is 14.4 Å². The van der Waals surface area contributed by atoms with Crippen molar-refractivity contribution < 1.29 is 19.1 Å². The highest BCUT2D eigenvalue weighted by molar-refractivity contribution is 5.86. The molecule has 3 atom stereocenters. The van der Waals surface area contributed by atoms with E-state index < -0.39 is 6.10 Å². The zero-order valence-electron chi connectivity index (χ0n) is 17.1. The Kier molecular flexibility index (Phi) is 5.14. The van der Waals surface area contributed by atoms with Gasteiger partial charge in [-0.3, -0.25) is 14.4 Å². The van der Waals surface area contributed by atoms with E-state index >= 15 is 0 Å². The predicted molar refractivity (Wildman–Crippen MR) is 103 cm³/mol. The van der Waals surface area contributed by atoms with Gasteiger partial charge in [0.05, 0.1) is 6.04 Å². The molecule has 1 aromatic heterocycles. The molecule has 4 heterocycles. The van der Waals surface area contributed by atoms with Gasteiger partial charge in [-0.15, -0.1) is 0 Å². The van der Waals surface area contributed by atoms with E-state index in [1.807, 2.05) is 4.90 Å². The Hall–Kier alpha value is -2.71. The number of likely N-dealkylation sites (tertiary alicyclic amines) is 3. The van der Waals surface area contributed by atoms with E-state index in [1.54, 1.807) is 43.0 Å². The molecule has 1 aromatic rings. The van der Waals surface area contributed by atoms with Crippen LogP contribution in [-0.2, 0) is 14.4 Å². The molecule has 0 saturated carbocycles. The molecule has 0 N–H and O–H groups in total. The molecule has 0 aromatic carbocycles. The molecule has 0 radical (unpaired) electrons. The second-order valence-corrected chi connectivity index (χ2v) is 8.18. The van der Waals surface area contributed by atoms with Gasteiger partial charge >= 0.3 is 0 Å². The molecular weight excluding hydrogens is 374 g/mol. The van der Waals surface area contributed by atoms with Crippen LogP contribution in [0.3, 0.4) is 0 Å². The molecule has 0 bridgehead atoms. The first-order valence-electron chi connectivity index (χ1n) is 10.1. The van der Waals surface area contributed by atoms with E-state index in [1.165, 1.54) is 0 Å². The van der Waals surface area contributed by atoms with Crippen LogP contribution in [0.25, 0.3) is 0 Å². The van der Waals surface area contributed by atoms with Crippen LogP contribution in [0, 0.1) is 18.8 Å². The average Bonchev–Trinajstić information content (AvgIpc) is 3.23. The third kappa shape index (κ3) is 3.65. The van der Waals surface area contributed by atoms with Crippen LogP contribution in [0.15, 0.2) is 12.3 Å². The lowest BCUT2D eigenvalue weighted by atomic mass is 9.95. The van der Waals surface area contributed by atoms with E-state index in [2.05, 4.69) is 9.97 Å². The van der Waals surface area contributed by atoms with Crippen molar-refractivity contribution in [3.63, 3.8) is 0 Å². The monoisotopic (exact) mass is 401 g/mol. The fraction of sp³-hybridized carbons (Fsp3) is 0.650. The Labute approximate surface area is 170 Å². The van der Waals surface area contributed by atoms with Crippen LogP contribution in [0.1, 0.15) is 25.6 Å². The van der Waals surface area contributed by atoms with Crippen LogP contribution >= 0.6 is 0 Å². The van der Waals surface area contributed by atoms with Crippen LogP contribution in [0.2, 0.25) is 0 Å². The molecule has 3 saturated heterocycles. The maximum Gasteiger partial charge on any atom is 0.264 e. The molecule has 3 aliphatic rings. The third-order valence-corrected chi connectivity index (χ3v) is 6.41. The molecule has 4 rings (SSSR count). The number of hydrogen-bond acceptors (Lipinski definition) is 6. The fourth-order valence-corrected chi connectivity index (χ4v) is 4.71. The minimum atomic E-state index is -0.642. The lowest BCUT2D eigenvalue weighted by molar-refractivity contribution is -0.141. The Morgan fingerprint density at radius 3 is 2.55 bits per heavy atom. The number of aryl methyl sites for hydroxylation is 1. The molecule has 156 valence electrons. The Morgan fingerprint density at radius 2 is 1.90 bits per heavy atom. The van der Waals surface area contributed by atoms with Crippen molar-refractivity contribution in [2.75, 3.05) is 33.2 Å². The zero-order chi connectivity index (χ0) is 20.7. The SMILES string of the molecule is CC(=O)N1CCC(C(=O)N2C[C@@H]3[C@H](Oc4ccnc(C)n4)C(=O)N(C)[C@@H]3C2)CC1. The van der Waals surface area contributed by atoms with Gasteiger partial charge in [0.25, 0.3) is 5.91 Å². The number of carbonyl (C=O) groups is 3. The second-order valence-electron chi connectivity index (χ2n) is 8.18. The van der Waals surface area contributed by atoms with Crippen LogP contribution in [0.4, 0.5) is 0 Å². The minimum absolute atomic E-state index is 0.0447. The number of aromatic nitrogens is 2. The van der Waals surface area contributed by atoms with Crippen molar-refractivity contribution >= 4 is 17.7 Å². The molecule has 0 spiro atoms. The summed E-state index contributed by atoms with van der Waals surface area (Å²) in [6.45, 7) is 5.62. The summed E-state index contributed by atoms with van der Waals surface area (Å²) >= 11 is 0. The fourth-order valence-electron chi connectivity index (χ4n) is 4.71. The van der Waals surface area contributed by atoms with E-state index in [0.29, 0.717) is 50.7 Å². The zero-order valence-corrected chi connectivity index (χ0v) is 17.1. The topological polar surface area (TPSA) is 95.9 Å². The molecule has 0 aliphatic carbocycles. The van der Waals surface area contributed by atoms with Gasteiger partial charge in [-0.1, -0.05) is 0 Å². The van der Waals surface area contributed by atoms with Gasteiger partial charge in [-0.2, -0.15) is 4.98 Å². The Morgan fingerprint density at radius 1 is 1.17 bits per heavy atom. The summed E-state index contributed by atoms with van der Waals surface area (Å²) in [5, 5.41) is 0. The highest BCUT2D eigenvalue weighted by atomic mass is 16.5. The van der Waals surface area contributed by atoms with Crippen LogP contribution in [-0.4, -0.2) is 87.8 Å². The van der Waals surface area contributed by atoms with Gasteiger partial charge in [0.15, 0.2) is 6.10 Å². The first-order valence-corrected chi connectivity index (χ1v) is 10.1. The Balaban J connectivity index is 1.42. The minimum Gasteiger partial charge on any atom is -0.464 e. The number of hydrogen-bond donors (Lipinski definition) is 0. The van der Waals surface area contributed by atoms with Crippen molar-refractivity contribution in [1.82, 2.24) is 24.7 Å². The van der Waals surface area contributed by atoms with Crippen LogP contribution < -0.4 is 4.74 Å². The number of likely N-dealkylation sites (N-methyl/N-ethyl adjacent to an activating group) is 1. The lowest BCUT2D eigenvalue weighted by Gasteiger charge is -2.33. The maximum atomic E-state index is 13.1. The maximum absolute atomic E-state index is 13.1. The average molecular weight is 401 g/mol. The summed E-state index contributed by atoms with van der Waals surface area (Å²) in [5.74, 6) is 0.938. The normalized spacial score (nSPS) is 27.3. The largest absolute Gasteiger partial charge is 0.464 e. The summed E-state index contributed by atoms with van der Waals surface area (Å²) in [6, 6.07) is 1.60. The van der Waals surface area contributed by atoms with Crippen molar-refractivity contribution in [2.45, 2.75) is 38.8 Å². The molecule has 29 heavy (non-hydrogen) atoms. The van der Waals surface area contributed by atoms with E-state index in [-0.39, 0.29) is 35.6 Å². The molecule has 0 unspecified atom stereocenters. The van der Waals surface area contributed by atoms with Crippen LogP contribution in [0.5, 0.6) is 5.88 Å². The highest BCUT2D eigenvalue weighted by Crippen LogP contribution is 2.35. The van der Waals surface area contributed by atoms with Gasteiger partial charge in [-0.05, 0) is 19.8 Å². The van der Waals surface area contributed by atoms with Gasteiger partial charge in [-0.25, -0.2) is 4.98 Å². The smallest absolute Gasteiger partial charge is 0.264 e. The third-order valence-electron chi connectivity index (χ3n) is 6.41. The number of amides is 3. The van der Waals surface area contributed by atoms with Crippen molar-refractivity contribution in [3.05, 3.63) is 18.1 Å². The first-order chi connectivity index (χ1) is 13.8. The second kappa shape index (κ2) is 7.61. The first kappa shape index (κ1) is 19.6. The molecule has 3 amide bonds. The number of nitrogens with zero attached hydrogens (tertiary/aromatic N) is 5. The molecule has 9 heteroatoms. The predicted octanol–water partition coefficient (Wildman–Crippen LogP) is 0.0899. The number of carbonyl (C=O) groups excluding carboxylic acids is 3. The molecule has 3 fully saturated rings. The standard InChI is InChI=1S/C20H27N5O4/c1-12-21-7-4-17(22-12)29-18-15-10-25(11-16(15)23(3)20(18)28)19(27)14-5-8-24(9-6-14)13(2)26/h4,7,14-16,18H,5-6,8-11H2,1-3H3/t15-,16+,18-/m0/s1. The number of ether oxygens (including phenoxy) is 1. The summed E-state index contributed by atoms with van der Waals surface area (Å²) < 4.78 is 5.94. The summed E-state index contributed by atoms with van der Waals surface area (Å²) in [7, 11) is 1.77. The van der Waals surface area contributed by atoms with Gasteiger partial charge in [0.2, 0.25) is 17.7 Å². The van der Waals surface area contributed by atoms with E-state index in [4.69, 9.17) is 4.74 Å². The van der Waals surface area contributed by atoms with Crippen molar-refractivity contribution in [1.29, 1.82) is 0 Å². The summed E-state index contributed by atoms with van der Waals surface area (Å²) in [6.07, 6.45) is 2.35. The summed E-state index contributed by atoms with van der Waals surface area (Å²) in [5.41, 5.74) is 0. The van der Waals surface area contributed by atoms with Crippen molar-refractivity contribution in [3.8, 4) is 5.88 Å². The number of piperidine rings is 1. The molecular formula is C20H27N5O4. The van der Waals surface area contributed by atoms with Crippen molar-refractivity contribution in [2.24, 2.45) is 11.8 Å². The number of rotatable bonds is 3. The highest BCUT2D eigenvalue weighted by Gasteiger charge is 2.54. The van der Waals surface area contributed by atoms with Gasteiger partial charge in [0.1, 0.15) is 5.82 Å². The lowest BCUT2D eigenvalue weighted by Crippen LogP contribution is -2.45. The van der Waals surface area contributed by atoms with Gasteiger partial charge < -0.3 is 19.4 Å². The quantitative estimate of drug-likeness (QED) is 0.712. The number of fused-ring (bicyclic) bond motifs is 1. The van der Waals surface area contributed by atoms with E-state index in [0.717, 1.165) is 0 Å². The Bertz CT molecular complexity index is 823. The molecule has 9 nitrogen and oxygen atoms in total. The molecule has 3 aliphatic heterocycles. The van der Waals surface area contributed by atoms with Gasteiger partial charge in [0, 0.05) is 64.2 Å².